The second-order valence-electron chi connectivity index (χ2n) is 30.7. The third kappa shape index (κ3) is 74.1. The average molecular weight is 1450 g/mol. The Morgan fingerprint density at radius 1 is 0.253 bits per heavy atom. The lowest BCUT2D eigenvalue weighted by Crippen LogP contribution is -2.30. The van der Waals surface area contributed by atoms with Crippen LogP contribution >= 0.6 is 15.6 Å². The topological polar surface area (TPSA) is 237 Å². The van der Waals surface area contributed by atoms with Gasteiger partial charge in [-0.25, -0.2) is 9.13 Å². The molecule has 0 saturated carbocycles. The fourth-order valence-corrected chi connectivity index (χ4v) is 13.8. The SMILES string of the molecule is CC(C)CCCCCCCCCCCCCCCCCC(=O)OC[C@H](COP(=O)(O)OCC(O)COP(=O)(O)OC[C@@H](COC(=O)CCCCCCCCC(C)C)OC(=O)CCCCCCCCCCCCCCCCCC(C)C)OC(=O)CCCCCCCCCCCCCC(C)C. The molecular weight excluding hydrogens is 1290 g/mol. The number of ether oxygens (including phenoxy) is 4. The number of carbonyl (C=O) groups is 4. The van der Waals surface area contributed by atoms with Gasteiger partial charge in [0.25, 0.3) is 0 Å². The molecule has 0 heterocycles. The second-order valence-corrected chi connectivity index (χ2v) is 33.6. The third-order valence-corrected chi connectivity index (χ3v) is 20.5. The number of aliphatic hydroxyl groups excluding tert-OH is 1. The molecule has 0 aromatic heterocycles. The molecule has 0 aromatic carbocycles. The average Bonchev–Trinajstić information content (AvgIpc) is 0.971. The highest BCUT2D eigenvalue weighted by Crippen LogP contribution is 2.45. The number of carbonyl (C=O) groups excluding carboxylic acids is 4. The van der Waals surface area contributed by atoms with Crippen LogP contribution in [0, 0.1) is 23.7 Å². The molecule has 5 atom stereocenters. The summed E-state index contributed by atoms with van der Waals surface area (Å²) in [5.41, 5.74) is 0. The van der Waals surface area contributed by atoms with E-state index in [4.69, 9.17) is 37.0 Å². The molecule has 0 aliphatic carbocycles. The van der Waals surface area contributed by atoms with Gasteiger partial charge in [0.15, 0.2) is 12.2 Å². The van der Waals surface area contributed by atoms with Gasteiger partial charge < -0.3 is 33.8 Å². The van der Waals surface area contributed by atoms with Gasteiger partial charge in [0, 0.05) is 25.7 Å². The molecule has 0 fully saturated rings. The number of hydrogen-bond donors (Lipinski definition) is 3. The van der Waals surface area contributed by atoms with Crippen LogP contribution < -0.4 is 0 Å². The van der Waals surface area contributed by atoms with E-state index in [-0.39, 0.29) is 25.7 Å². The summed E-state index contributed by atoms with van der Waals surface area (Å²) < 4.78 is 68.6. The number of phosphoric acid groups is 2. The molecule has 0 spiro atoms. The Morgan fingerprint density at radius 2 is 0.424 bits per heavy atom. The van der Waals surface area contributed by atoms with Crippen molar-refractivity contribution in [2.24, 2.45) is 23.7 Å². The summed E-state index contributed by atoms with van der Waals surface area (Å²) in [6.45, 7) is 14.2. The fourth-order valence-electron chi connectivity index (χ4n) is 12.3. The maximum atomic E-state index is 13.1. The highest BCUT2D eigenvalue weighted by Gasteiger charge is 2.30. The normalized spacial score (nSPS) is 14.1. The van der Waals surface area contributed by atoms with Crippen LogP contribution in [-0.4, -0.2) is 96.7 Å². The molecule has 0 aliphatic rings. The molecule has 3 unspecified atom stereocenters. The van der Waals surface area contributed by atoms with Crippen LogP contribution in [0.1, 0.15) is 409 Å². The summed E-state index contributed by atoms with van der Waals surface area (Å²) in [7, 11) is -9.92. The molecule has 99 heavy (non-hydrogen) atoms. The van der Waals surface area contributed by atoms with Gasteiger partial charge in [-0.05, 0) is 49.4 Å². The number of hydrogen-bond acceptors (Lipinski definition) is 15. The Morgan fingerprint density at radius 3 is 0.626 bits per heavy atom. The van der Waals surface area contributed by atoms with E-state index in [0.717, 1.165) is 114 Å². The summed E-state index contributed by atoms with van der Waals surface area (Å²) in [5, 5.41) is 10.6. The van der Waals surface area contributed by atoms with Crippen molar-refractivity contribution in [1.29, 1.82) is 0 Å². The van der Waals surface area contributed by atoms with Crippen molar-refractivity contribution in [3.63, 3.8) is 0 Å². The van der Waals surface area contributed by atoms with Gasteiger partial charge in [-0.2, -0.15) is 0 Å². The Balaban J connectivity index is 5.21. The molecule has 3 N–H and O–H groups in total. The molecular formula is C80H156O17P2. The van der Waals surface area contributed by atoms with Crippen LogP contribution in [0.25, 0.3) is 0 Å². The first kappa shape index (κ1) is 97.1. The third-order valence-electron chi connectivity index (χ3n) is 18.6. The number of esters is 4. The Labute approximate surface area is 607 Å². The zero-order valence-electron chi connectivity index (χ0n) is 65.1. The molecule has 588 valence electrons. The Hall–Kier alpha value is -1.94. The quantitative estimate of drug-likeness (QED) is 0.0222. The van der Waals surface area contributed by atoms with E-state index in [1.165, 1.54) is 205 Å². The molecule has 0 amide bonds. The maximum absolute atomic E-state index is 13.1. The second kappa shape index (κ2) is 69.1. The summed E-state index contributed by atoms with van der Waals surface area (Å²) in [5.74, 6) is 0.937. The zero-order chi connectivity index (χ0) is 73.1. The van der Waals surface area contributed by atoms with Gasteiger partial charge in [0.05, 0.1) is 26.4 Å². The van der Waals surface area contributed by atoms with Gasteiger partial charge in [-0.1, -0.05) is 357 Å². The van der Waals surface area contributed by atoms with Crippen LogP contribution in [-0.2, 0) is 65.4 Å². The molecule has 0 saturated heterocycles. The fraction of sp³-hybridized carbons (Fsp3) is 0.950. The lowest BCUT2D eigenvalue weighted by molar-refractivity contribution is -0.161. The van der Waals surface area contributed by atoms with Crippen LogP contribution in [0.3, 0.4) is 0 Å². The first-order valence-electron chi connectivity index (χ1n) is 41.2. The minimum absolute atomic E-state index is 0.106. The van der Waals surface area contributed by atoms with Crippen molar-refractivity contribution in [2.75, 3.05) is 39.6 Å². The van der Waals surface area contributed by atoms with Crippen LogP contribution in [0.4, 0.5) is 0 Å². The molecule has 0 radical (unpaired) electrons. The summed E-state index contributed by atoms with van der Waals surface area (Å²) in [4.78, 5) is 72.9. The lowest BCUT2D eigenvalue weighted by Gasteiger charge is -2.21. The van der Waals surface area contributed by atoms with Gasteiger partial charge in [-0.3, -0.25) is 37.3 Å². The number of aliphatic hydroxyl groups is 1. The van der Waals surface area contributed by atoms with Crippen molar-refractivity contribution < 1.29 is 80.2 Å². The monoisotopic (exact) mass is 1450 g/mol. The first-order chi connectivity index (χ1) is 47.6. The Bertz CT molecular complexity index is 1940. The minimum Gasteiger partial charge on any atom is -0.462 e. The highest BCUT2D eigenvalue weighted by molar-refractivity contribution is 7.47. The summed E-state index contributed by atoms with van der Waals surface area (Å²) in [6, 6.07) is 0. The van der Waals surface area contributed by atoms with Gasteiger partial charge in [0.1, 0.15) is 19.3 Å². The van der Waals surface area contributed by atoms with Gasteiger partial charge in [-0.15, -0.1) is 0 Å². The van der Waals surface area contributed by atoms with E-state index >= 15 is 0 Å². The summed E-state index contributed by atoms with van der Waals surface area (Å²) in [6.07, 6.45) is 55.7. The number of unbranched alkanes of at least 4 members (excludes halogenated alkanes) is 43. The molecule has 0 aromatic rings. The molecule has 19 heteroatoms. The summed E-state index contributed by atoms with van der Waals surface area (Å²) >= 11 is 0. The van der Waals surface area contributed by atoms with Crippen molar-refractivity contribution in [2.45, 2.75) is 427 Å². The zero-order valence-corrected chi connectivity index (χ0v) is 66.9. The van der Waals surface area contributed by atoms with Crippen molar-refractivity contribution in [1.82, 2.24) is 0 Å². The highest BCUT2D eigenvalue weighted by atomic mass is 31.2. The lowest BCUT2D eigenvalue weighted by atomic mass is 10.0. The van der Waals surface area contributed by atoms with E-state index in [2.05, 4.69) is 55.4 Å². The number of rotatable bonds is 77. The van der Waals surface area contributed by atoms with E-state index < -0.39 is 97.5 Å². The van der Waals surface area contributed by atoms with Crippen LogP contribution in [0.15, 0.2) is 0 Å². The largest absolute Gasteiger partial charge is 0.472 e. The van der Waals surface area contributed by atoms with Crippen LogP contribution in [0.5, 0.6) is 0 Å². The smallest absolute Gasteiger partial charge is 0.462 e. The van der Waals surface area contributed by atoms with E-state index in [1.807, 2.05) is 0 Å². The predicted octanol–water partition coefficient (Wildman–Crippen LogP) is 23.6. The van der Waals surface area contributed by atoms with Crippen molar-refractivity contribution in [3.05, 3.63) is 0 Å². The number of phosphoric ester groups is 2. The molecule has 0 rings (SSSR count). The van der Waals surface area contributed by atoms with E-state index in [0.29, 0.717) is 31.6 Å². The minimum atomic E-state index is -4.96. The predicted molar refractivity (Wildman–Crippen MR) is 404 cm³/mol. The van der Waals surface area contributed by atoms with Crippen molar-refractivity contribution >= 4 is 39.5 Å². The van der Waals surface area contributed by atoms with Gasteiger partial charge >= 0.3 is 39.5 Å². The standard InChI is InChI=1S/C80H156O17P2/c1-70(2)56-48-40-32-26-20-15-11-9-13-17-23-29-35-44-52-60-77(82)90-66-75(96-80(85)63-55-47-37-31-25-19-22-28-34-42-50-58-72(5)6)68-94-98(86,87)92-64-74(81)65-93-99(88,89)95-69-76(67-91-78(83)61-53-45-39-38-43-51-59-73(7)8)97-79(84)62-54-46-36-30-24-18-14-10-12-16-21-27-33-41-49-57-71(3)4/h70-76,81H,9-69H2,1-8H3,(H,86,87)(H,88,89)/t74?,75-,76-/m1/s1. The maximum Gasteiger partial charge on any atom is 0.472 e. The first-order valence-corrected chi connectivity index (χ1v) is 44.2. The van der Waals surface area contributed by atoms with Gasteiger partial charge in [0.2, 0.25) is 0 Å². The molecule has 17 nitrogen and oxygen atoms in total. The van der Waals surface area contributed by atoms with Crippen molar-refractivity contribution in [3.8, 4) is 0 Å². The molecule has 0 bridgehead atoms. The van der Waals surface area contributed by atoms with Crippen LogP contribution in [0.2, 0.25) is 0 Å². The van der Waals surface area contributed by atoms with E-state index in [9.17, 15) is 43.2 Å². The Kier molecular flexibility index (Phi) is 67.8. The van der Waals surface area contributed by atoms with E-state index in [1.54, 1.807) is 0 Å². The molecule has 0 aliphatic heterocycles.